The Morgan fingerprint density at radius 3 is 2.59 bits per heavy atom. The molecule has 1 fully saturated rings. The minimum atomic E-state index is -0.468. The van der Waals surface area contributed by atoms with Crippen LogP contribution in [0.15, 0.2) is 53.4 Å². The molecule has 27 heavy (non-hydrogen) atoms. The normalized spacial score (nSPS) is 15.1. The summed E-state index contributed by atoms with van der Waals surface area (Å²) in [6, 6.07) is 14.8. The van der Waals surface area contributed by atoms with Crippen molar-refractivity contribution in [2.75, 3.05) is 0 Å². The second-order valence-corrected chi connectivity index (χ2v) is 7.22. The van der Waals surface area contributed by atoms with E-state index in [0.29, 0.717) is 12.0 Å². The summed E-state index contributed by atoms with van der Waals surface area (Å²) in [6.07, 6.45) is 3.22. The fourth-order valence-corrected chi connectivity index (χ4v) is 3.43. The van der Waals surface area contributed by atoms with E-state index in [4.69, 9.17) is 16.3 Å². The highest BCUT2D eigenvalue weighted by molar-refractivity contribution is 8.18. The Morgan fingerprint density at radius 2 is 1.89 bits per heavy atom. The Bertz CT molecular complexity index is 911. The van der Waals surface area contributed by atoms with E-state index >= 15 is 0 Å². The fraction of sp³-hybridized carbons (Fsp3) is 0.150. The van der Waals surface area contributed by atoms with Crippen LogP contribution < -0.4 is 10.1 Å². The molecule has 1 saturated heterocycles. The Morgan fingerprint density at radius 1 is 1.11 bits per heavy atom. The summed E-state index contributed by atoms with van der Waals surface area (Å²) in [5.74, 6) is -0.615. The van der Waals surface area contributed by atoms with E-state index in [1.807, 2.05) is 30.3 Å². The molecule has 0 spiro atoms. The smallest absolute Gasteiger partial charge is 0.311 e. The van der Waals surface area contributed by atoms with Crippen molar-refractivity contribution in [2.24, 2.45) is 0 Å². The van der Waals surface area contributed by atoms with Crippen molar-refractivity contribution in [1.82, 2.24) is 5.32 Å². The summed E-state index contributed by atoms with van der Waals surface area (Å²) in [4.78, 5) is 35.2. The number of thioether (sulfide) groups is 1. The number of ether oxygens (including phenoxy) is 1. The quantitative estimate of drug-likeness (QED) is 0.435. The molecule has 0 saturated carbocycles. The van der Waals surface area contributed by atoms with Gasteiger partial charge in [-0.05, 0) is 47.9 Å². The van der Waals surface area contributed by atoms with Gasteiger partial charge in [-0.2, -0.15) is 0 Å². The maximum Gasteiger partial charge on any atom is 0.311 e. The van der Waals surface area contributed by atoms with Gasteiger partial charge in [-0.3, -0.25) is 19.7 Å². The molecule has 2 aromatic carbocycles. The number of aryl methyl sites for hydroxylation is 1. The van der Waals surface area contributed by atoms with Crippen molar-refractivity contribution in [3.8, 4) is 5.75 Å². The van der Waals surface area contributed by atoms with E-state index < -0.39 is 11.1 Å². The lowest BCUT2D eigenvalue weighted by Crippen LogP contribution is -2.17. The lowest BCUT2D eigenvalue weighted by atomic mass is 10.1. The number of amides is 2. The van der Waals surface area contributed by atoms with Gasteiger partial charge in [-0.25, -0.2) is 0 Å². The summed E-state index contributed by atoms with van der Waals surface area (Å²) < 4.78 is 5.36. The van der Waals surface area contributed by atoms with Crippen molar-refractivity contribution < 1.29 is 19.1 Å². The van der Waals surface area contributed by atoms with Crippen LogP contribution in [0.3, 0.4) is 0 Å². The van der Waals surface area contributed by atoms with Gasteiger partial charge in [0.05, 0.1) is 9.93 Å². The van der Waals surface area contributed by atoms with Gasteiger partial charge in [0.2, 0.25) is 0 Å². The van der Waals surface area contributed by atoms with Crippen LogP contribution in [0.5, 0.6) is 5.75 Å². The number of esters is 1. The molecule has 0 aromatic heterocycles. The standard InChI is InChI=1S/C20H16ClNO4S/c21-18-14(12-16-19(24)22-20(25)27-16)9-5-10-15(18)26-17(23)11-4-8-13-6-2-1-3-7-13/h1-3,5-7,9-10,12H,4,8,11H2,(H,22,24,25). The molecule has 0 radical (unpaired) electrons. The number of carbonyl (C=O) groups is 3. The molecular formula is C20H16ClNO4S. The largest absolute Gasteiger partial charge is 0.425 e. The number of nitrogens with one attached hydrogen (secondary N) is 1. The number of halogens is 1. The molecule has 1 aliphatic heterocycles. The first-order valence-electron chi connectivity index (χ1n) is 8.31. The monoisotopic (exact) mass is 401 g/mol. The topological polar surface area (TPSA) is 72.5 Å². The van der Waals surface area contributed by atoms with Crippen molar-refractivity contribution in [3.63, 3.8) is 0 Å². The SMILES string of the molecule is O=C(CCCc1ccccc1)Oc1cccc(C=C2SC(=O)NC2=O)c1Cl. The molecular weight excluding hydrogens is 386 g/mol. The van der Waals surface area contributed by atoms with Gasteiger partial charge in [-0.15, -0.1) is 0 Å². The average Bonchev–Trinajstić information content (AvgIpc) is 2.96. The molecule has 0 bridgehead atoms. The molecule has 1 aliphatic rings. The average molecular weight is 402 g/mol. The zero-order chi connectivity index (χ0) is 19.2. The van der Waals surface area contributed by atoms with Crippen LogP contribution in [0.1, 0.15) is 24.0 Å². The molecule has 1 heterocycles. The van der Waals surface area contributed by atoms with Gasteiger partial charge in [0.15, 0.2) is 0 Å². The van der Waals surface area contributed by atoms with Gasteiger partial charge in [0, 0.05) is 6.42 Å². The summed E-state index contributed by atoms with van der Waals surface area (Å²) in [5.41, 5.74) is 1.66. The molecule has 0 unspecified atom stereocenters. The predicted octanol–water partition coefficient (Wildman–Crippen LogP) is 4.59. The van der Waals surface area contributed by atoms with E-state index in [2.05, 4.69) is 5.32 Å². The van der Waals surface area contributed by atoms with E-state index in [0.717, 1.165) is 18.2 Å². The molecule has 5 nitrogen and oxygen atoms in total. The fourth-order valence-electron chi connectivity index (χ4n) is 2.54. The van der Waals surface area contributed by atoms with Crippen LogP contribution in [0.2, 0.25) is 5.02 Å². The van der Waals surface area contributed by atoms with Crippen molar-refractivity contribution in [1.29, 1.82) is 0 Å². The molecule has 0 aliphatic carbocycles. The van der Waals surface area contributed by atoms with Crippen LogP contribution >= 0.6 is 23.4 Å². The maximum absolute atomic E-state index is 12.1. The Kier molecular flexibility index (Phi) is 6.32. The van der Waals surface area contributed by atoms with Crippen LogP contribution in [0, 0.1) is 0 Å². The summed E-state index contributed by atoms with van der Waals surface area (Å²) >= 11 is 7.10. The van der Waals surface area contributed by atoms with E-state index in [1.165, 1.54) is 11.6 Å². The number of carbonyl (C=O) groups excluding carboxylic acids is 3. The van der Waals surface area contributed by atoms with Gasteiger partial charge in [-0.1, -0.05) is 54.1 Å². The van der Waals surface area contributed by atoms with Crippen LogP contribution in [-0.2, 0) is 16.0 Å². The van der Waals surface area contributed by atoms with Crippen LogP contribution in [0.4, 0.5) is 4.79 Å². The summed E-state index contributed by atoms with van der Waals surface area (Å²) in [7, 11) is 0. The first kappa shape index (κ1) is 19.2. The van der Waals surface area contributed by atoms with Crippen molar-refractivity contribution in [3.05, 3.63) is 69.6 Å². The van der Waals surface area contributed by atoms with Gasteiger partial charge in [0.1, 0.15) is 5.75 Å². The first-order valence-corrected chi connectivity index (χ1v) is 9.50. The highest BCUT2D eigenvalue weighted by atomic mass is 35.5. The summed E-state index contributed by atoms with van der Waals surface area (Å²) in [5, 5.41) is 1.97. The van der Waals surface area contributed by atoms with Crippen molar-refractivity contribution >= 4 is 46.6 Å². The zero-order valence-corrected chi connectivity index (χ0v) is 15.8. The van der Waals surface area contributed by atoms with Gasteiger partial charge in [0.25, 0.3) is 11.1 Å². The van der Waals surface area contributed by atoms with Crippen molar-refractivity contribution in [2.45, 2.75) is 19.3 Å². The Hall–Kier alpha value is -2.57. The van der Waals surface area contributed by atoms with Gasteiger partial charge < -0.3 is 4.74 Å². The number of rotatable bonds is 6. The first-order chi connectivity index (χ1) is 13.0. The molecule has 7 heteroatoms. The van der Waals surface area contributed by atoms with E-state index in [-0.39, 0.29) is 28.1 Å². The molecule has 3 rings (SSSR count). The lowest BCUT2D eigenvalue weighted by molar-refractivity contribution is -0.134. The minimum absolute atomic E-state index is 0.217. The number of hydrogen-bond donors (Lipinski definition) is 1. The van der Waals surface area contributed by atoms with E-state index in [1.54, 1.807) is 18.2 Å². The Labute approximate surface area is 165 Å². The number of hydrogen-bond acceptors (Lipinski definition) is 5. The third kappa shape index (κ3) is 5.21. The minimum Gasteiger partial charge on any atom is -0.425 e. The summed E-state index contributed by atoms with van der Waals surface area (Å²) in [6.45, 7) is 0. The third-order valence-corrected chi connectivity index (χ3v) is 5.05. The molecule has 0 atom stereocenters. The lowest BCUT2D eigenvalue weighted by Gasteiger charge is -2.08. The second kappa shape index (κ2) is 8.88. The predicted molar refractivity (Wildman–Crippen MR) is 106 cm³/mol. The number of benzene rings is 2. The Balaban J connectivity index is 1.62. The molecule has 138 valence electrons. The third-order valence-electron chi connectivity index (χ3n) is 3.83. The van der Waals surface area contributed by atoms with Crippen LogP contribution in [0.25, 0.3) is 6.08 Å². The number of imide groups is 1. The van der Waals surface area contributed by atoms with Gasteiger partial charge >= 0.3 is 5.97 Å². The van der Waals surface area contributed by atoms with E-state index in [9.17, 15) is 14.4 Å². The zero-order valence-electron chi connectivity index (χ0n) is 14.2. The van der Waals surface area contributed by atoms with Crippen LogP contribution in [-0.4, -0.2) is 17.1 Å². The molecule has 2 aromatic rings. The second-order valence-electron chi connectivity index (χ2n) is 5.82. The maximum atomic E-state index is 12.1. The molecule has 2 amide bonds. The molecule has 1 N–H and O–H groups in total. The highest BCUT2D eigenvalue weighted by Gasteiger charge is 2.25. The highest BCUT2D eigenvalue weighted by Crippen LogP contribution is 2.33.